The van der Waals surface area contributed by atoms with Crippen LogP contribution in [0.15, 0.2) is 30.3 Å². The molecule has 1 aromatic rings. The lowest BCUT2D eigenvalue weighted by Gasteiger charge is -2.19. The minimum absolute atomic E-state index is 0.219. The van der Waals surface area contributed by atoms with Crippen LogP contribution in [-0.2, 0) is 21.0 Å². The van der Waals surface area contributed by atoms with Gasteiger partial charge in [-0.1, -0.05) is 43.2 Å². The second kappa shape index (κ2) is 6.37. The molecule has 0 aromatic heterocycles. The molecule has 0 radical (unpaired) electrons. The third-order valence-electron chi connectivity index (χ3n) is 4.27. The number of rotatable bonds is 5. The Hall–Kier alpha value is -2.41. The van der Waals surface area contributed by atoms with Crippen LogP contribution in [0.1, 0.15) is 31.2 Å². The van der Waals surface area contributed by atoms with Crippen LogP contribution in [0.4, 0.5) is 4.79 Å². The average Bonchev–Trinajstić information content (AvgIpc) is 3.10. The fraction of sp³-hybridized carbons (Fsp3) is 0.438. The van der Waals surface area contributed by atoms with Crippen LogP contribution in [-0.4, -0.2) is 34.8 Å². The van der Waals surface area contributed by atoms with Gasteiger partial charge in [-0.2, -0.15) is 0 Å². The van der Waals surface area contributed by atoms with E-state index >= 15 is 0 Å². The molecule has 1 aliphatic heterocycles. The summed E-state index contributed by atoms with van der Waals surface area (Å²) >= 11 is 0. The van der Waals surface area contributed by atoms with Crippen molar-refractivity contribution in [3.63, 3.8) is 0 Å². The van der Waals surface area contributed by atoms with Crippen LogP contribution in [0.3, 0.4) is 0 Å². The lowest BCUT2D eigenvalue weighted by atomic mass is 9.98. The summed E-state index contributed by atoms with van der Waals surface area (Å²) in [4.78, 5) is 42.3. The van der Waals surface area contributed by atoms with Crippen molar-refractivity contribution in [1.82, 2.24) is 15.7 Å². The molecule has 23 heavy (non-hydrogen) atoms. The molecular formula is C16H19N3O4. The van der Waals surface area contributed by atoms with Crippen molar-refractivity contribution >= 4 is 17.8 Å². The monoisotopic (exact) mass is 317 g/mol. The number of carbonyl (C=O) groups excluding carboxylic acids is 3. The smallest absolute Gasteiger partial charge is 0.323 e. The number of nitrogens with one attached hydrogen (secondary N) is 2. The number of amides is 4. The molecule has 1 aromatic carbocycles. The first kappa shape index (κ1) is 15.5. The molecule has 1 heterocycles. The van der Waals surface area contributed by atoms with E-state index in [9.17, 15) is 14.4 Å². The molecule has 2 aliphatic rings. The quantitative estimate of drug-likeness (QED) is 0.629. The number of hydrogen-bond donors (Lipinski definition) is 2. The zero-order chi connectivity index (χ0) is 16.3. The van der Waals surface area contributed by atoms with E-state index in [0.717, 1.165) is 23.3 Å². The summed E-state index contributed by atoms with van der Waals surface area (Å²) in [7, 11) is 0. The van der Waals surface area contributed by atoms with E-state index < -0.39 is 17.5 Å². The van der Waals surface area contributed by atoms with Crippen molar-refractivity contribution in [1.29, 1.82) is 0 Å². The average molecular weight is 317 g/mol. The van der Waals surface area contributed by atoms with Gasteiger partial charge in [-0.05, 0) is 18.4 Å². The van der Waals surface area contributed by atoms with Crippen LogP contribution < -0.4 is 10.8 Å². The van der Waals surface area contributed by atoms with Gasteiger partial charge in [0.1, 0.15) is 12.1 Å². The van der Waals surface area contributed by atoms with Gasteiger partial charge in [0.25, 0.3) is 11.8 Å². The van der Waals surface area contributed by atoms with Crippen molar-refractivity contribution in [3.05, 3.63) is 35.9 Å². The van der Waals surface area contributed by atoms with Crippen molar-refractivity contribution in [2.45, 2.75) is 37.8 Å². The first-order valence-corrected chi connectivity index (χ1v) is 7.69. The highest BCUT2D eigenvalue weighted by Crippen LogP contribution is 2.34. The summed E-state index contributed by atoms with van der Waals surface area (Å²) in [5.41, 5.74) is 2.39. The Bertz CT molecular complexity index is 611. The van der Waals surface area contributed by atoms with Gasteiger partial charge in [0.2, 0.25) is 0 Å². The predicted molar refractivity (Wildman–Crippen MR) is 80.8 cm³/mol. The lowest BCUT2D eigenvalue weighted by molar-refractivity contribution is -0.140. The Balaban J connectivity index is 1.50. The Morgan fingerprint density at radius 2 is 1.91 bits per heavy atom. The maximum Gasteiger partial charge on any atom is 0.325 e. The first-order valence-electron chi connectivity index (χ1n) is 7.69. The summed E-state index contributed by atoms with van der Waals surface area (Å²) < 4.78 is 0. The molecule has 1 aliphatic carbocycles. The molecule has 2 fully saturated rings. The SMILES string of the molecule is O=C(CN1C(=O)NC2(CCCC2)C1=O)NOCc1ccccc1. The van der Waals surface area contributed by atoms with Gasteiger partial charge in [0, 0.05) is 0 Å². The van der Waals surface area contributed by atoms with Gasteiger partial charge in [-0.3, -0.25) is 19.3 Å². The number of hydroxylamine groups is 1. The third kappa shape index (κ3) is 3.19. The largest absolute Gasteiger partial charge is 0.325 e. The Morgan fingerprint density at radius 1 is 1.22 bits per heavy atom. The van der Waals surface area contributed by atoms with Crippen molar-refractivity contribution in [2.24, 2.45) is 0 Å². The molecule has 7 heteroatoms. The van der Waals surface area contributed by atoms with E-state index in [4.69, 9.17) is 4.84 Å². The molecule has 1 saturated carbocycles. The van der Waals surface area contributed by atoms with Gasteiger partial charge >= 0.3 is 6.03 Å². The molecule has 0 atom stereocenters. The minimum atomic E-state index is -0.789. The van der Waals surface area contributed by atoms with Crippen LogP contribution in [0, 0.1) is 0 Å². The number of nitrogens with zero attached hydrogens (tertiary/aromatic N) is 1. The van der Waals surface area contributed by atoms with Gasteiger partial charge in [0.05, 0.1) is 6.61 Å². The van der Waals surface area contributed by atoms with E-state index in [-0.39, 0.29) is 19.1 Å². The first-order chi connectivity index (χ1) is 11.1. The molecule has 4 amide bonds. The summed E-state index contributed by atoms with van der Waals surface area (Å²) in [5, 5.41) is 2.73. The van der Waals surface area contributed by atoms with Crippen LogP contribution in [0.5, 0.6) is 0 Å². The molecule has 7 nitrogen and oxygen atoms in total. The number of urea groups is 1. The molecule has 2 N–H and O–H groups in total. The topological polar surface area (TPSA) is 87.7 Å². The van der Waals surface area contributed by atoms with Crippen molar-refractivity contribution in [2.75, 3.05) is 6.54 Å². The molecule has 0 unspecified atom stereocenters. The van der Waals surface area contributed by atoms with Crippen LogP contribution >= 0.6 is 0 Å². The van der Waals surface area contributed by atoms with Gasteiger partial charge in [0.15, 0.2) is 0 Å². The minimum Gasteiger partial charge on any atom is -0.323 e. The summed E-state index contributed by atoms with van der Waals surface area (Å²) in [5.74, 6) is -0.835. The van der Waals surface area contributed by atoms with Gasteiger partial charge in [-0.25, -0.2) is 10.3 Å². The third-order valence-corrected chi connectivity index (χ3v) is 4.27. The second-order valence-electron chi connectivity index (χ2n) is 5.91. The standard InChI is InChI=1S/C16H19N3O4/c20-13(18-23-11-12-6-2-1-3-7-12)10-19-14(21)16(17-15(19)22)8-4-5-9-16/h1-3,6-7H,4-5,8-11H2,(H,17,22)(H,18,20). The molecule has 0 bridgehead atoms. The van der Waals surface area contributed by atoms with Crippen molar-refractivity contribution < 1.29 is 19.2 Å². The highest BCUT2D eigenvalue weighted by molar-refractivity contribution is 6.09. The number of hydrogen-bond acceptors (Lipinski definition) is 4. The Kier molecular flexibility index (Phi) is 4.29. The summed E-state index contributed by atoms with van der Waals surface area (Å²) in [6, 6.07) is 8.86. The Labute approximate surface area is 133 Å². The predicted octanol–water partition coefficient (Wildman–Crippen LogP) is 1.10. The molecule has 122 valence electrons. The molecule has 3 rings (SSSR count). The van der Waals surface area contributed by atoms with Crippen LogP contribution in [0.2, 0.25) is 0 Å². The molecule has 1 spiro atoms. The fourth-order valence-electron chi connectivity index (χ4n) is 3.09. The van der Waals surface area contributed by atoms with E-state index in [0.29, 0.717) is 12.8 Å². The summed E-state index contributed by atoms with van der Waals surface area (Å²) in [6.45, 7) is -0.113. The zero-order valence-corrected chi connectivity index (χ0v) is 12.7. The number of carbonyl (C=O) groups is 3. The van der Waals surface area contributed by atoms with E-state index in [1.54, 1.807) is 0 Å². The maximum absolute atomic E-state index is 12.4. The highest BCUT2D eigenvalue weighted by atomic mass is 16.6. The maximum atomic E-state index is 12.4. The zero-order valence-electron chi connectivity index (χ0n) is 12.7. The summed E-state index contributed by atoms with van der Waals surface area (Å²) in [6.07, 6.45) is 3.10. The Morgan fingerprint density at radius 3 is 2.61 bits per heavy atom. The van der Waals surface area contributed by atoms with E-state index in [1.165, 1.54) is 0 Å². The molecule has 1 saturated heterocycles. The number of imide groups is 1. The van der Waals surface area contributed by atoms with E-state index in [2.05, 4.69) is 10.8 Å². The fourth-order valence-corrected chi connectivity index (χ4v) is 3.09. The van der Waals surface area contributed by atoms with Gasteiger partial charge in [-0.15, -0.1) is 0 Å². The normalized spacial score (nSPS) is 19.2. The van der Waals surface area contributed by atoms with Gasteiger partial charge < -0.3 is 5.32 Å². The number of benzene rings is 1. The highest BCUT2D eigenvalue weighted by Gasteiger charge is 2.52. The van der Waals surface area contributed by atoms with Crippen molar-refractivity contribution in [3.8, 4) is 0 Å². The van der Waals surface area contributed by atoms with Crippen LogP contribution in [0.25, 0.3) is 0 Å². The second-order valence-corrected chi connectivity index (χ2v) is 5.91. The van der Waals surface area contributed by atoms with E-state index in [1.807, 2.05) is 30.3 Å². The molecular weight excluding hydrogens is 298 g/mol. The lowest BCUT2D eigenvalue weighted by Crippen LogP contribution is -2.45.